The lowest BCUT2D eigenvalue weighted by Crippen LogP contribution is -2.05. The van der Waals surface area contributed by atoms with Crippen LogP contribution >= 0.6 is 0 Å². The predicted octanol–water partition coefficient (Wildman–Crippen LogP) is 3.91. The second-order valence-corrected chi connectivity index (χ2v) is 7.02. The quantitative estimate of drug-likeness (QED) is 0.711. The lowest BCUT2D eigenvalue weighted by molar-refractivity contribution is 0.626. The van der Waals surface area contributed by atoms with Gasteiger partial charge in [0.1, 0.15) is 11.5 Å². The number of rotatable bonds is 5. The second kappa shape index (κ2) is 6.62. The number of halogens is 1. The Kier molecular flexibility index (Phi) is 4.57. The van der Waals surface area contributed by atoms with Crippen molar-refractivity contribution in [3.8, 4) is 0 Å². The standard InChI is InChI=1S/C18H19FN2OS/c1-3-4-16-9-14-10-17(23(2)22)11-20-18(14)21(16)12-13-5-7-15(19)8-6-13/h5-11H,3-4,12H2,1-2H3. The van der Waals surface area contributed by atoms with E-state index in [9.17, 15) is 8.60 Å². The van der Waals surface area contributed by atoms with Crippen molar-refractivity contribution in [3.05, 3.63) is 59.7 Å². The van der Waals surface area contributed by atoms with Crippen molar-refractivity contribution in [1.82, 2.24) is 9.55 Å². The summed E-state index contributed by atoms with van der Waals surface area (Å²) in [6.07, 6.45) is 5.31. The van der Waals surface area contributed by atoms with Gasteiger partial charge >= 0.3 is 0 Å². The van der Waals surface area contributed by atoms with Crippen LogP contribution in [0.25, 0.3) is 11.0 Å². The van der Waals surface area contributed by atoms with Crippen LogP contribution in [0, 0.1) is 5.82 Å². The summed E-state index contributed by atoms with van der Waals surface area (Å²) >= 11 is 0. The molecule has 0 aliphatic rings. The summed E-state index contributed by atoms with van der Waals surface area (Å²) in [5, 5.41) is 1.00. The first-order valence-electron chi connectivity index (χ1n) is 7.64. The molecule has 3 rings (SSSR count). The Labute approximate surface area is 137 Å². The summed E-state index contributed by atoms with van der Waals surface area (Å²) in [6, 6.07) is 10.6. The molecule has 0 fully saturated rings. The Balaban J connectivity index is 2.07. The molecule has 0 aliphatic carbocycles. The number of aromatic nitrogens is 2. The molecular formula is C18H19FN2OS. The molecule has 0 saturated carbocycles. The van der Waals surface area contributed by atoms with Crippen molar-refractivity contribution in [2.75, 3.05) is 6.26 Å². The van der Waals surface area contributed by atoms with Crippen molar-refractivity contribution in [1.29, 1.82) is 0 Å². The smallest absolute Gasteiger partial charge is 0.140 e. The lowest BCUT2D eigenvalue weighted by Gasteiger charge is -2.10. The molecule has 3 aromatic rings. The molecule has 0 bridgehead atoms. The minimum absolute atomic E-state index is 0.229. The Morgan fingerprint density at radius 1 is 1.22 bits per heavy atom. The van der Waals surface area contributed by atoms with Gasteiger partial charge in [-0.05, 0) is 36.2 Å². The van der Waals surface area contributed by atoms with Crippen molar-refractivity contribution in [2.24, 2.45) is 0 Å². The molecular weight excluding hydrogens is 311 g/mol. The average molecular weight is 330 g/mol. The molecule has 23 heavy (non-hydrogen) atoms. The van der Waals surface area contributed by atoms with E-state index < -0.39 is 10.8 Å². The fourth-order valence-corrected chi connectivity index (χ4v) is 3.24. The molecule has 5 heteroatoms. The van der Waals surface area contributed by atoms with E-state index in [0.29, 0.717) is 6.54 Å². The van der Waals surface area contributed by atoms with Gasteiger partial charge in [-0.3, -0.25) is 4.21 Å². The first-order valence-corrected chi connectivity index (χ1v) is 9.20. The molecule has 0 radical (unpaired) electrons. The van der Waals surface area contributed by atoms with Crippen molar-refractivity contribution < 1.29 is 8.60 Å². The van der Waals surface area contributed by atoms with Gasteiger partial charge in [-0.2, -0.15) is 0 Å². The molecule has 0 aliphatic heterocycles. The van der Waals surface area contributed by atoms with Gasteiger partial charge in [0.05, 0.1) is 15.7 Å². The van der Waals surface area contributed by atoms with Crippen LogP contribution in [0.15, 0.2) is 47.5 Å². The maximum atomic E-state index is 13.1. The van der Waals surface area contributed by atoms with Gasteiger partial charge < -0.3 is 4.57 Å². The van der Waals surface area contributed by atoms with E-state index in [1.807, 2.05) is 6.07 Å². The first-order chi connectivity index (χ1) is 11.1. The number of aryl methyl sites for hydroxylation is 1. The number of pyridine rings is 1. The maximum absolute atomic E-state index is 13.1. The Morgan fingerprint density at radius 3 is 2.61 bits per heavy atom. The van der Waals surface area contributed by atoms with Gasteiger partial charge in [0.2, 0.25) is 0 Å². The molecule has 3 nitrogen and oxygen atoms in total. The average Bonchev–Trinajstić information content (AvgIpc) is 2.87. The zero-order valence-corrected chi connectivity index (χ0v) is 14.1. The topological polar surface area (TPSA) is 34.9 Å². The van der Waals surface area contributed by atoms with Crippen molar-refractivity contribution in [2.45, 2.75) is 31.2 Å². The van der Waals surface area contributed by atoms with Gasteiger partial charge in [-0.1, -0.05) is 25.5 Å². The van der Waals surface area contributed by atoms with Crippen LogP contribution in [0.2, 0.25) is 0 Å². The highest BCUT2D eigenvalue weighted by Crippen LogP contribution is 2.23. The van der Waals surface area contributed by atoms with E-state index in [2.05, 4.69) is 22.5 Å². The van der Waals surface area contributed by atoms with Gasteiger partial charge in [-0.15, -0.1) is 0 Å². The molecule has 0 N–H and O–H groups in total. The third kappa shape index (κ3) is 3.34. The summed E-state index contributed by atoms with van der Waals surface area (Å²) in [4.78, 5) is 5.25. The minimum atomic E-state index is -1.04. The monoisotopic (exact) mass is 330 g/mol. The fourth-order valence-electron chi connectivity index (χ4n) is 2.75. The third-order valence-electron chi connectivity index (χ3n) is 3.89. The SMILES string of the molecule is CCCc1cc2cc(S(C)=O)cnc2n1Cc1ccc(F)cc1. The normalized spacial score (nSPS) is 12.7. The lowest BCUT2D eigenvalue weighted by atomic mass is 10.2. The molecule has 1 aromatic carbocycles. The summed E-state index contributed by atoms with van der Waals surface area (Å²) in [6.45, 7) is 2.79. The van der Waals surface area contributed by atoms with Crippen LogP contribution in [0.4, 0.5) is 4.39 Å². The van der Waals surface area contributed by atoms with Crippen molar-refractivity contribution in [3.63, 3.8) is 0 Å². The molecule has 0 spiro atoms. The Bertz CT molecular complexity index is 855. The molecule has 0 saturated heterocycles. The Morgan fingerprint density at radius 2 is 1.96 bits per heavy atom. The second-order valence-electron chi connectivity index (χ2n) is 5.64. The van der Waals surface area contributed by atoms with E-state index >= 15 is 0 Å². The molecule has 1 unspecified atom stereocenters. The third-order valence-corrected chi connectivity index (χ3v) is 4.77. The zero-order chi connectivity index (χ0) is 16.4. The van der Waals surface area contributed by atoms with Crippen LogP contribution in [-0.4, -0.2) is 20.0 Å². The number of fused-ring (bicyclic) bond motifs is 1. The van der Waals surface area contributed by atoms with E-state index in [4.69, 9.17) is 0 Å². The predicted molar refractivity (Wildman–Crippen MR) is 91.6 cm³/mol. The van der Waals surface area contributed by atoms with Crippen LogP contribution in [-0.2, 0) is 23.8 Å². The fraction of sp³-hybridized carbons (Fsp3) is 0.278. The number of benzene rings is 1. The molecule has 2 heterocycles. The molecule has 120 valence electrons. The summed E-state index contributed by atoms with van der Waals surface area (Å²) in [5.74, 6) is -0.229. The highest BCUT2D eigenvalue weighted by Gasteiger charge is 2.12. The van der Waals surface area contributed by atoms with Crippen LogP contribution < -0.4 is 0 Å². The number of hydrogen-bond acceptors (Lipinski definition) is 2. The first kappa shape index (κ1) is 15.9. The van der Waals surface area contributed by atoms with Gasteiger partial charge in [0, 0.05) is 30.1 Å². The van der Waals surface area contributed by atoms with E-state index in [1.54, 1.807) is 24.6 Å². The summed E-state index contributed by atoms with van der Waals surface area (Å²) in [7, 11) is -1.04. The number of hydrogen-bond donors (Lipinski definition) is 0. The molecule has 2 aromatic heterocycles. The zero-order valence-electron chi connectivity index (χ0n) is 13.3. The van der Waals surface area contributed by atoms with E-state index in [1.165, 1.54) is 17.8 Å². The van der Waals surface area contributed by atoms with Crippen LogP contribution in [0.1, 0.15) is 24.6 Å². The highest BCUT2D eigenvalue weighted by molar-refractivity contribution is 7.84. The highest BCUT2D eigenvalue weighted by atomic mass is 32.2. The summed E-state index contributed by atoms with van der Waals surface area (Å²) < 4.78 is 26.9. The van der Waals surface area contributed by atoms with E-state index in [-0.39, 0.29) is 5.82 Å². The van der Waals surface area contributed by atoms with Gasteiger partial charge in [-0.25, -0.2) is 9.37 Å². The van der Waals surface area contributed by atoms with Crippen LogP contribution in [0.3, 0.4) is 0 Å². The molecule has 1 atom stereocenters. The molecule has 0 amide bonds. The minimum Gasteiger partial charge on any atom is -0.325 e. The summed E-state index contributed by atoms with van der Waals surface area (Å²) in [5.41, 5.74) is 3.11. The maximum Gasteiger partial charge on any atom is 0.140 e. The van der Waals surface area contributed by atoms with Crippen LogP contribution in [0.5, 0.6) is 0 Å². The van der Waals surface area contributed by atoms with E-state index in [0.717, 1.165) is 34.3 Å². The Hall–Kier alpha value is -2.01. The van der Waals surface area contributed by atoms with Crippen molar-refractivity contribution >= 4 is 21.8 Å². The van der Waals surface area contributed by atoms with Gasteiger partial charge in [0.25, 0.3) is 0 Å². The van der Waals surface area contributed by atoms with Gasteiger partial charge in [0.15, 0.2) is 0 Å². The number of nitrogens with zero attached hydrogens (tertiary/aromatic N) is 2. The largest absolute Gasteiger partial charge is 0.325 e.